The van der Waals surface area contributed by atoms with E-state index in [1.807, 2.05) is 13.0 Å². The number of hydrogen-bond donors (Lipinski definition) is 1. The minimum atomic E-state index is -0.783. The summed E-state index contributed by atoms with van der Waals surface area (Å²) in [6.45, 7) is 7.24. The van der Waals surface area contributed by atoms with Crippen LogP contribution in [0.3, 0.4) is 0 Å². The van der Waals surface area contributed by atoms with Crippen molar-refractivity contribution in [2.45, 2.75) is 72.1 Å². The Balaban J connectivity index is 0.00000272. The maximum atomic E-state index is 12.0. The van der Waals surface area contributed by atoms with E-state index in [-0.39, 0.29) is 36.4 Å². The summed E-state index contributed by atoms with van der Waals surface area (Å²) in [5.74, 6) is 2.73. The molecule has 0 aromatic heterocycles. The van der Waals surface area contributed by atoms with Crippen LogP contribution in [0.25, 0.3) is 0 Å². The SMILES string of the molecule is C/C(=N\OC(=O)OCCN)[C@H]1CC[C@H]2[C@@H]3CCC4=CC(=O)CC[C@]4(C)[C@H]3CC[C@]12C.Cl. The summed E-state index contributed by atoms with van der Waals surface area (Å²) < 4.78 is 4.85. The smallest absolute Gasteiger partial charge is 0.431 e. The number of hydrogen-bond acceptors (Lipinski definition) is 6. The van der Waals surface area contributed by atoms with Gasteiger partial charge in [-0.05, 0) is 86.5 Å². The first kappa shape index (κ1) is 24.2. The van der Waals surface area contributed by atoms with Gasteiger partial charge in [0.25, 0.3) is 0 Å². The Labute approximate surface area is 191 Å². The van der Waals surface area contributed by atoms with E-state index in [1.165, 1.54) is 31.3 Å². The fourth-order valence-corrected chi connectivity index (χ4v) is 7.59. The molecular weight excluding hydrogens is 416 g/mol. The van der Waals surface area contributed by atoms with Gasteiger partial charge in [-0.25, -0.2) is 4.79 Å². The quantitative estimate of drug-likeness (QED) is 0.279. The lowest BCUT2D eigenvalue weighted by molar-refractivity contribution is -0.117. The fraction of sp³-hybridized carbons (Fsp3) is 0.792. The molecular formula is C24H37ClN2O4. The topological polar surface area (TPSA) is 91.0 Å². The fourth-order valence-electron chi connectivity index (χ4n) is 7.59. The van der Waals surface area contributed by atoms with Crippen molar-refractivity contribution in [3.8, 4) is 0 Å². The van der Waals surface area contributed by atoms with Crippen LogP contribution < -0.4 is 5.73 Å². The Kier molecular flexibility index (Phi) is 7.21. The first-order valence-corrected chi connectivity index (χ1v) is 11.6. The molecule has 0 saturated heterocycles. The molecule has 0 radical (unpaired) electrons. The van der Waals surface area contributed by atoms with Gasteiger partial charge in [0, 0.05) is 18.9 Å². The van der Waals surface area contributed by atoms with Gasteiger partial charge in [-0.2, -0.15) is 0 Å². The van der Waals surface area contributed by atoms with Crippen molar-refractivity contribution in [1.82, 2.24) is 0 Å². The zero-order valence-corrected chi connectivity index (χ0v) is 19.8. The van der Waals surface area contributed by atoms with E-state index in [2.05, 4.69) is 19.0 Å². The molecule has 3 fully saturated rings. The van der Waals surface area contributed by atoms with Crippen molar-refractivity contribution in [2.75, 3.05) is 13.2 Å². The Morgan fingerprint density at radius 2 is 1.94 bits per heavy atom. The van der Waals surface area contributed by atoms with E-state index in [0.717, 1.165) is 25.0 Å². The molecule has 4 rings (SSSR count). The summed E-state index contributed by atoms with van der Waals surface area (Å²) in [5, 5.41) is 4.14. The third-order valence-corrected chi connectivity index (χ3v) is 9.07. The highest BCUT2D eigenvalue weighted by atomic mass is 35.5. The molecule has 31 heavy (non-hydrogen) atoms. The molecule has 4 aliphatic rings. The van der Waals surface area contributed by atoms with Gasteiger partial charge in [-0.1, -0.05) is 24.6 Å². The van der Waals surface area contributed by atoms with Gasteiger partial charge >= 0.3 is 6.16 Å². The predicted octanol–water partition coefficient (Wildman–Crippen LogP) is 5.04. The maximum absolute atomic E-state index is 12.0. The van der Waals surface area contributed by atoms with Crippen LogP contribution in [0.4, 0.5) is 4.79 Å². The summed E-state index contributed by atoms with van der Waals surface area (Å²) in [7, 11) is 0. The predicted molar refractivity (Wildman–Crippen MR) is 122 cm³/mol. The number of oxime groups is 1. The number of fused-ring (bicyclic) bond motifs is 5. The van der Waals surface area contributed by atoms with Crippen molar-refractivity contribution in [1.29, 1.82) is 0 Å². The van der Waals surface area contributed by atoms with E-state index in [1.54, 1.807) is 0 Å². The van der Waals surface area contributed by atoms with E-state index in [9.17, 15) is 9.59 Å². The number of nitrogens with two attached hydrogens (primary N) is 1. The molecule has 0 aliphatic heterocycles. The average Bonchev–Trinajstić information content (AvgIpc) is 3.08. The molecule has 3 saturated carbocycles. The Bertz CT molecular complexity index is 782. The first-order valence-electron chi connectivity index (χ1n) is 11.6. The highest BCUT2D eigenvalue weighted by Gasteiger charge is 2.59. The molecule has 6 atom stereocenters. The minimum absolute atomic E-state index is 0. The maximum Gasteiger partial charge on any atom is 0.535 e. The number of ketones is 1. The van der Waals surface area contributed by atoms with Crippen molar-refractivity contribution >= 4 is 30.1 Å². The third-order valence-electron chi connectivity index (χ3n) is 9.07. The van der Waals surface area contributed by atoms with Gasteiger partial charge in [-0.15, -0.1) is 12.4 Å². The summed E-state index contributed by atoms with van der Waals surface area (Å²) in [4.78, 5) is 28.6. The van der Waals surface area contributed by atoms with Crippen molar-refractivity contribution < 1.29 is 19.2 Å². The van der Waals surface area contributed by atoms with Gasteiger partial charge in [0.2, 0.25) is 0 Å². The van der Waals surface area contributed by atoms with Crippen molar-refractivity contribution in [3.63, 3.8) is 0 Å². The lowest BCUT2D eigenvalue weighted by atomic mass is 9.46. The molecule has 0 bridgehead atoms. The summed E-state index contributed by atoms with van der Waals surface area (Å²) in [5.41, 5.74) is 8.06. The van der Waals surface area contributed by atoms with Crippen LogP contribution in [0.1, 0.15) is 72.1 Å². The van der Waals surface area contributed by atoms with Crippen molar-refractivity contribution in [3.05, 3.63) is 11.6 Å². The monoisotopic (exact) mass is 452 g/mol. The van der Waals surface area contributed by atoms with Crippen LogP contribution in [-0.2, 0) is 14.4 Å². The Morgan fingerprint density at radius 3 is 2.68 bits per heavy atom. The molecule has 0 heterocycles. The standard InChI is InChI=1S/C24H36N2O4.ClH/c1-15(26-30-22(28)29-13-12-25)19-6-7-20-18-5-4-16-14-17(27)8-10-23(16,2)21(18)9-11-24(19,20)3;/h14,18-21H,4-13,25H2,1-3H3;1H/b26-15+;/t18-,19+,20-,21-,23-,24+;/m0./s1. The molecule has 174 valence electrons. The summed E-state index contributed by atoms with van der Waals surface area (Å²) in [6, 6.07) is 0. The van der Waals surface area contributed by atoms with Crippen LogP contribution in [-0.4, -0.2) is 30.8 Å². The van der Waals surface area contributed by atoms with Crippen LogP contribution in [0.5, 0.6) is 0 Å². The van der Waals surface area contributed by atoms with Gasteiger partial charge in [0.15, 0.2) is 5.78 Å². The molecule has 0 aromatic carbocycles. The summed E-state index contributed by atoms with van der Waals surface area (Å²) >= 11 is 0. The van der Waals surface area contributed by atoms with Gasteiger partial charge < -0.3 is 10.5 Å². The number of carbonyl (C=O) groups is 2. The van der Waals surface area contributed by atoms with Gasteiger partial charge in [0.1, 0.15) is 6.61 Å². The van der Waals surface area contributed by atoms with Crippen LogP contribution in [0.15, 0.2) is 16.8 Å². The zero-order chi connectivity index (χ0) is 21.5. The van der Waals surface area contributed by atoms with Crippen LogP contribution >= 0.6 is 12.4 Å². The normalized spacial score (nSPS) is 39.4. The second-order valence-corrected chi connectivity index (χ2v) is 10.4. The zero-order valence-electron chi connectivity index (χ0n) is 19.0. The van der Waals surface area contributed by atoms with Crippen molar-refractivity contribution in [2.24, 2.45) is 45.4 Å². The van der Waals surface area contributed by atoms with Gasteiger partial charge in [-0.3, -0.25) is 9.63 Å². The van der Waals surface area contributed by atoms with Gasteiger partial charge in [0.05, 0.1) is 5.71 Å². The van der Waals surface area contributed by atoms with Crippen LogP contribution in [0, 0.1) is 34.5 Å². The third kappa shape index (κ3) is 4.18. The largest absolute Gasteiger partial charge is 0.535 e. The number of ether oxygens (including phenoxy) is 1. The lowest BCUT2D eigenvalue weighted by Gasteiger charge is -2.58. The number of allylic oxidation sites excluding steroid dienone is 1. The average molecular weight is 453 g/mol. The van der Waals surface area contributed by atoms with E-state index in [0.29, 0.717) is 35.9 Å². The van der Waals surface area contributed by atoms with Crippen LogP contribution in [0.2, 0.25) is 0 Å². The lowest BCUT2D eigenvalue weighted by Crippen LogP contribution is -2.51. The second kappa shape index (κ2) is 9.22. The molecule has 7 heteroatoms. The molecule has 0 amide bonds. The number of rotatable bonds is 4. The number of carbonyl (C=O) groups excluding carboxylic acids is 2. The second-order valence-electron chi connectivity index (χ2n) is 10.4. The number of nitrogens with zero attached hydrogens (tertiary/aromatic N) is 1. The number of halogens is 1. The first-order chi connectivity index (χ1) is 14.3. The highest BCUT2D eigenvalue weighted by molar-refractivity contribution is 5.91. The van der Waals surface area contributed by atoms with E-state index in [4.69, 9.17) is 15.3 Å². The molecule has 0 unspecified atom stereocenters. The molecule has 4 aliphatic carbocycles. The Hall–Kier alpha value is -1.40. The Morgan fingerprint density at radius 1 is 1.16 bits per heavy atom. The molecule has 0 spiro atoms. The minimum Gasteiger partial charge on any atom is -0.431 e. The molecule has 2 N–H and O–H groups in total. The highest BCUT2D eigenvalue weighted by Crippen LogP contribution is 2.66. The summed E-state index contributed by atoms with van der Waals surface area (Å²) in [6.07, 6.45) is 9.88. The van der Waals surface area contributed by atoms with E-state index >= 15 is 0 Å². The molecule has 0 aromatic rings. The molecule has 6 nitrogen and oxygen atoms in total. The van der Waals surface area contributed by atoms with E-state index < -0.39 is 6.16 Å².